The molecule has 1 fully saturated rings. The highest BCUT2D eigenvalue weighted by molar-refractivity contribution is 6.30. The molecule has 3 rings (SSSR count). The third-order valence-electron chi connectivity index (χ3n) is 4.31. The van der Waals surface area contributed by atoms with Gasteiger partial charge in [-0.3, -0.25) is 4.79 Å². The maximum atomic E-state index is 12.7. The third-order valence-corrected chi connectivity index (χ3v) is 4.56. The normalized spacial score (nSPS) is 17.9. The molecule has 0 radical (unpaired) electrons. The molecule has 0 spiro atoms. The van der Waals surface area contributed by atoms with Crippen LogP contribution < -0.4 is 0 Å². The molecule has 23 heavy (non-hydrogen) atoms. The summed E-state index contributed by atoms with van der Waals surface area (Å²) in [5, 5.41) is 4.80. The van der Waals surface area contributed by atoms with Crippen molar-refractivity contribution in [3.63, 3.8) is 0 Å². The second-order valence-corrected chi connectivity index (χ2v) is 6.79. The quantitative estimate of drug-likeness (QED) is 0.835. The monoisotopic (exact) mass is 332 g/mol. The van der Waals surface area contributed by atoms with E-state index in [1.54, 1.807) is 0 Å². The number of hydrogen-bond donors (Lipinski definition) is 0. The highest BCUT2D eigenvalue weighted by atomic mass is 35.5. The van der Waals surface area contributed by atoms with Crippen molar-refractivity contribution in [1.82, 2.24) is 10.1 Å². The van der Waals surface area contributed by atoms with Gasteiger partial charge in [0.2, 0.25) is 5.91 Å². The minimum atomic E-state index is 0.00907. The zero-order chi connectivity index (χ0) is 16.4. The van der Waals surface area contributed by atoms with Crippen LogP contribution in [-0.2, 0) is 11.2 Å². The van der Waals surface area contributed by atoms with Gasteiger partial charge in [-0.15, -0.1) is 0 Å². The summed E-state index contributed by atoms with van der Waals surface area (Å²) in [6.45, 7) is 4.94. The van der Waals surface area contributed by atoms with Crippen LogP contribution >= 0.6 is 11.6 Å². The summed E-state index contributed by atoms with van der Waals surface area (Å²) >= 11 is 5.89. The predicted octanol–water partition coefficient (Wildman–Crippen LogP) is 4.36. The summed E-state index contributed by atoms with van der Waals surface area (Å²) in [6, 6.07) is 9.43. The van der Waals surface area contributed by atoms with Gasteiger partial charge in [-0.05, 0) is 36.5 Å². The zero-order valence-electron chi connectivity index (χ0n) is 13.5. The molecule has 1 amide bonds. The molecule has 1 aliphatic heterocycles. The van der Waals surface area contributed by atoms with Crippen molar-refractivity contribution in [2.24, 2.45) is 0 Å². The largest absolute Gasteiger partial charge is 0.359 e. The number of halogens is 1. The van der Waals surface area contributed by atoms with Gasteiger partial charge in [-0.2, -0.15) is 0 Å². The Hall–Kier alpha value is -1.81. The van der Waals surface area contributed by atoms with Gasteiger partial charge in [-0.25, -0.2) is 0 Å². The summed E-state index contributed by atoms with van der Waals surface area (Å²) in [5.41, 5.74) is 1.92. The van der Waals surface area contributed by atoms with Crippen molar-refractivity contribution in [3.05, 3.63) is 52.4 Å². The number of hydrogen-bond acceptors (Lipinski definition) is 3. The molecule has 0 N–H and O–H groups in total. The molecule has 2 heterocycles. The van der Waals surface area contributed by atoms with Crippen LogP contribution in [0.5, 0.6) is 0 Å². The van der Waals surface area contributed by atoms with E-state index >= 15 is 0 Å². The molecule has 1 saturated heterocycles. The van der Waals surface area contributed by atoms with E-state index < -0.39 is 0 Å². The summed E-state index contributed by atoms with van der Waals surface area (Å²) in [6.07, 6.45) is 2.31. The highest BCUT2D eigenvalue weighted by Gasteiger charge is 2.32. The van der Waals surface area contributed by atoms with Gasteiger partial charge in [-0.1, -0.05) is 42.7 Å². The highest BCUT2D eigenvalue weighted by Crippen LogP contribution is 2.33. The number of carbonyl (C=O) groups is 1. The number of aromatic nitrogens is 1. The molecule has 4 nitrogen and oxygen atoms in total. The lowest BCUT2D eigenvalue weighted by Gasteiger charge is -2.22. The van der Waals surface area contributed by atoms with Crippen LogP contribution in [0.4, 0.5) is 0 Å². The number of rotatable bonds is 4. The Morgan fingerprint density at radius 3 is 2.78 bits per heavy atom. The van der Waals surface area contributed by atoms with Gasteiger partial charge in [0.25, 0.3) is 0 Å². The van der Waals surface area contributed by atoms with Gasteiger partial charge < -0.3 is 9.42 Å². The fourth-order valence-electron chi connectivity index (χ4n) is 2.97. The summed E-state index contributed by atoms with van der Waals surface area (Å²) in [4.78, 5) is 14.6. The lowest BCUT2D eigenvalue weighted by molar-refractivity contribution is -0.131. The molecular formula is C18H21ClN2O2. The topological polar surface area (TPSA) is 46.3 Å². The van der Waals surface area contributed by atoms with E-state index in [4.69, 9.17) is 16.1 Å². The van der Waals surface area contributed by atoms with E-state index in [1.807, 2.05) is 35.2 Å². The lowest BCUT2D eigenvalue weighted by Crippen LogP contribution is -2.31. The number of likely N-dealkylation sites (tertiary alicyclic amines) is 1. The molecule has 122 valence electrons. The fourth-order valence-corrected chi connectivity index (χ4v) is 3.10. The molecule has 1 atom stereocenters. The Balaban J connectivity index is 1.72. The molecule has 5 heteroatoms. The van der Waals surface area contributed by atoms with E-state index in [1.165, 1.54) is 0 Å². The second-order valence-electron chi connectivity index (χ2n) is 6.36. The van der Waals surface area contributed by atoms with Gasteiger partial charge in [0.1, 0.15) is 0 Å². The molecular weight excluding hydrogens is 312 g/mol. The molecule has 1 aromatic heterocycles. The van der Waals surface area contributed by atoms with Gasteiger partial charge >= 0.3 is 0 Å². The maximum Gasteiger partial charge on any atom is 0.227 e. The van der Waals surface area contributed by atoms with Gasteiger partial charge in [0.05, 0.1) is 18.2 Å². The zero-order valence-corrected chi connectivity index (χ0v) is 14.2. The van der Waals surface area contributed by atoms with Crippen LogP contribution in [0.25, 0.3) is 0 Å². The Kier molecular flexibility index (Phi) is 4.71. The Labute approximate surface area is 141 Å². The lowest BCUT2D eigenvalue weighted by atomic mass is 10.1. The smallest absolute Gasteiger partial charge is 0.227 e. The number of nitrogens with zero attached hydrogens (tertiary/aromatic N) is 2. The van der Waals surface area contributed by atoms with E-state index in [-0.39, 0.29) is 11.9 Å². The Morgan fingerprint density at radius 1 is 1.39 bits per heavy atom. The van der Waals surface area contributed by atoms with Crippen LogP contribution in [0.1, 0.15) is 55.7 Å². The number of carbonyl (C=O) groups excluding carboxylic acids is 1. The van der Waals surface area contributed by atoms with Gasteiger partial charge in [0.15, 0.2) is 5.76 Å². The first-order chi connectivity index (χ1) is 11.0. The molecule has 0 aliphatic carbocycles. The van der Waals surface area contributed by atoms with Crippen molar-refractivity contribution >= 4 is 17.5 Å². The molecule has 0 unspecified atom stereocenters. The van der Waals surface area contributed by atoms with Crippen molar-refractivity contribution < 1.29 is 9.32 Å². The average Bonchev–Trinajstić information content (AvgIpc) is 3.17. The summed E-state index contributed by atoms with van der Waals surface area (Å²) in [5.74, 6) is 1.25. The molecule has 1 aromatic carbocycles. The predicted molar refractivity (Wildman–Crippen MR) is 89.4 cm³/mol. The molecule has 0 saturated carbocycles. The Morgan fingerprint density at radius 2 is 2.13 bits per heavy atom. The van der Waals surface area contributed by atoms with E-state index in [0.717, 1.165) is 36.4 Å². The summed E-state index contributed by atoms with van der Waals surface area (Å²) in [7, 11) is 0. The van der Waals surface area contributed by atoms with E-state index in [2.05, 4.69) is 19.0 Å². The second kappa shape index (κ2) is 6.75. The minimum Gasteiger partial charge on any atom is -0.359 e. The van der Waals surface area contributed by atoms with Crippen LogP contribution in [0, 0.1) is 0 Å². The first-order valence-corrected chi connectivity index (χ1v) is 8.43. The number of benzene rings is 1. The first-order valence-electron chi connectivity index (χ1n) is 8.05. The molecule has 2 aromatic rings. The van der Waals surface area contributed by atoms with Crippen molar-refractivity contribution in [3.8, 4) is 0 Å². The molecule has 1 aliphatic rings. The van der Waals surface area contributed by atoms with Crippen LogP contribution in [0.3, 0.4) is 0 Å². The van der Waals surface area contributed by atoms with E-state index in [0.29, 0.717) is 17.4 Å². The van der Waals surface area contributed by atoms with E-state index in [9.17, 15) is 4.79 Å². The SMILES string of the molecule is CC(C)c1cc([C@H]2CCCN2C(=O)Cc2ccc(Cl)cc2)on1. The van der Waals surface area contributed by atoms with Crippen LogP contribution in [0.15, 0.2) is 34.9 Å². The average molecular weight is 333 g/mol. The maximum absolute atomic E-state index is 12.7. The summed E-state index contributed by atoms with van der Waals surface area (Å²) < 4.78 is 5.49. The van der Waals surface area contributed by atoms with Gasteiger partial charge in [0, 0.05) is 17.6 Å². The standard InChI is InChI=1S/C18H21ClN2O2/c1-12(2)15-11-17(23-20-15)16-4-3-9-21(16)18(22)10-13-5-7-14(19)8-6-13/h5-8,11-12,16H,3-4,9-10H2,1-2H3/t16-/m1/s1. The number of amides is 1. The van der Waals surface area contributed by atoms with Crippen molar-refractivity contribution in [1.29, 1.82) is 0 Å². The van der Waals surface area contributed by atoms with Crippen LogP contribution in [0.2, 0.25) is 5.02 Å². The van der Waals surface area contributed by atoms with Crippen molar-refractivity contribution in [2.45, 2.75) is 45.1 Å². The first kappa shape index (κ1) is 16.1. The van der Waals surface area contributed by atoms with Crippen LogP contribution in [-0.4, -0.2) is 22.5 Å². The van der Waals surface area contributed by atoms with Crippen molar-refractivity contribution in [2.75, 3.05) is 6.54 Å². The minimum absolute atomic E-state index is 0.00907. The Bertz CT molecular complexity index is 679. The fraction of sp³-hybridized carbons (Fsp3) is 0.444. The molecule has 0 bridgehead atoms. The third kappa shape index (κ3) is 3.58.